The first kappa shape index (κ1) is 16.5. The van der Waals surface area contributed by atoms with Crippen LogP contribution in [0.3, 0.4) is 0 Å². The van der Waals surface area contributed by atoms with E-state index in [-0.39, 0.29) is 4.90 Å². The van der Waals surface area contributed by atoms with Gasteiger partial charge in [-0.3, -0.25) is 14.6 Å². The number of likely N-dealkylation sites (tertiary alicyclic amines) is 1. The maximum absolute atomic E-state index is 12.3. The third kappa shape index (κ3) is 4.37. The van der Waals surface area contributed by atoms with E-state index in [0.29, 0.717) is 11.7 Å². The van der Waals surface area contributed by atoms with Gasteiger partial charge in [-0.15, -0.1) is 0 Å². The topological polar surface area (TPSA) is 61.8 Å². The zero-order valence-electron chi connectivity index (χ0n) is 13.2. The quantitative estimate of drug-likeness (QED) is 0.904. The number of aliphatic imine (C=N–C) groups is 1. The van der Waals surface area contributed by atoms with Crippen molar-refractivity contribution in [3.8, 4) is 0 Å². The molecule has 1 N–H and O–H groups in total. The minimum absolute atomic E-state index is 0.265. The van der Waals surface area contributed by atoms with Gasteiger partial charge in [0.2, 0.25) is 0 Å². The molecule has 2 heterocycles. The molecule has 124 valence electrons. The summed E-state index contributed by atoms with van der Waals surface area (Å²) in [6.07, 6.45) is 4.70. The molecular formula is C16H21N3O2S2. The molecule has 2 aliphatic heterocycles. The van der Waals surface area contributed by atoms with Gasteiger partial charge >= 0.3 is 0 Å². The summed E-state index contributed by atoms with van der Waals surface area (Å²) < 4.78 is 27.3. The first-order valence-electron chi connectivity index (χ1n) is 7.76. The van der Waals surface area contributed by atoms with Crippen LogP contribution in [-0.2, 0) is 10.0 Å². The molecule has 1 saturated heterocycles. The van der Waals surface area contributed by atoms with E-state index in [1.54, 1.807) is 24.3 Å². The monoisotopic (exact) mass is 351 g/mol. The van der Waals surface area contributed by atoms with Crippen LogP contribution in [0.5, 0.6) is 0 Å². The Kier molecular flexibility index (Phi) is 5.08. The van der Waals surface area contributed by atoms with Crippen molar-refractivity contribution >= 4 is 27.0 Å². The van der Waals surface area contributed by atoms with E-state index in [1.807, 2.05) is 6.92 Å². The molecule has 0 aliphatic carbocycles. The van der Waals surface area contributed by atoms with Crippen molar-refractivity contribution in [3.05, 3.63) is 40.8 Å². The number of hydrogen-bond acceptors (Lipinski definition) is 5. The molecule has 0 aromatic heterocycles. The lowest BCUT2D eigenvalue weighted by Crippen LogP contribution is -2.27. The maximum atomic E-state index is 12.3. The van der Waals surface area contributed by atoms with E-state index in [0.717, 1.165) is 30.1 Å². The van der Waals surface area contributed by atoms with Crippen LogP contribution >= 0.6 is 11.8 Å². The summed E-state index contributed by atoms with van der Waals surface area (Å²) in [4.78, 5) is 8.07. The fraction of sp³-hybridized carbons (Fsp3) is 0.438. The summed E-state index contributed by atoms with van der Waals surface area (Å²) in [6.45, 7) is 5.72. The average molecular weight is 351 g/mol. The van der Waals surface area contributed by atoms with Gasteiger partial charge in [-0.1, -0.05) is 35.5 Å². The van der Waals surface area contributed by atoms with Crippen molar-refractivity contribution < 1.29 is 8.42 Å². The standard InChI is InChI=1S/C16H21N3O2S2/c1-13-4-6-15(7-5-13)23(20,21)18-16-17-12-14(22-16)8-11-19-9-2-3-10-19/h4-8H,2-3,9-12H2,1H3,(H,17,18)/b14-8+. The molecular weight excluding hydrogens is 330 g/mol. The Morgan fingerprint density at radius 3 is 2.65 bits per heavy atom. The lowest BCUT2D eigenvalue weighted by atomic mass is 10.2. The van der Waals surface area contributed by atoms with E-state index in [2.05, 4.69) is 20.7 Å². The molecule has 5 nitrogen and oxygen atoms in total. The van der Waals surface area contributed by atoms with Crippen molar-refractivity contribution in [2.24, 2.45) is 4.99 Å². The molecule has 2 aliphatic rings. The largest absolute Gasteiger partial charge is 0.300 e. The second-order valence-corrected chi connectivity index (χ2v) is 8.62. The molecule has 1 aromatic carbocycles. The summed E-state index contributed by atoms with van der Waals surface area (Å²) in [6, 6.07) is 6.81. The molecule has 23 heavy (non-hydrogen) atoms. The van der Waals surface area contributed by atoms with Crippen molar-refractivity contribution in [2.75, 3.05) is 26.2 Å². The minimum Gasteiger partial charge on any atom is -0.300 e. The SMILES string of the molecule is Cc1ccc(S(=O)(=O)NC2=NC/C(=C\CN3CCCC3)S2)cc1. The third-order valence-electron chi connectivity index (χ3n) is 3.94. The van der Waals surface area contributed by atoms with Gasteiger partial charge in [-0.25, -0.2) is 8.42 Å². The maximum Gasteiger partial charge on any atom is 0.263 e. The molecule has 0 spiro atoms. The van der Waals surface area contributed by atoms with E-state index in [1.165, 1.54) is 24.6 Å². The second-order valence-electron chi connectivity index (χ2n) is 5.82. The zero-order valence-corrected chi connectivity index (χ0v) is 14.8. The molecule has 0 amide bonds. The highest BCUT2D eigenvalue weighted by molar-refractivity contribution is 8.18. The molecule has 7 heteroatoms. The van der Waals surface area contributed by atoms with Crippen LogP contribution in [-0.4, -0.2) is 44.7 Å². The highest BCUT2D eigenvalue weighted by atomic mass is 32.2. The molecule has 1 fully saturated rings. The molecule has 0 unspecified atom stereocenters. The van der Waals surface area contributed by atoms with E-state index < -0.39 is 10.0 Å². The number of amidine groups is 1. The summed E-state index contributed by atoms with van der Waals surface area (Å²) in [5, 5.41) is 0.457. The Hall–Kier alpha value is -1.31. The van der Waals surface area contributed by atoms with Gasteiger partial charge in [0.15, 0.2) is 5.17 Å². The molecule has 1 aromatic rings. The first-order chi connectivity index (χ1) is 11.0. The normalized spacial score (nSPS) is 20.9. The van der Waals surface area contributed by atoms with Gasteiger partial charge < -0.3 is 0 Å². The van der Waals surface area contributed by atoms with E-state index in [9.17, 15) is 8.42 Å². The predicted octanol–water partition coefficient (Wildman–Crippen LogP) is 2.36. The molecule has 3 rings (SSSR count). The van der Waals surface area contributed by atoms with Gasteiger partial charge in [-0.05, 0) is 45.0 Å². The summed E-state index contributed by atoms with van der Waals surface area (Å²) in [7, 11) is -3.55. The third-order valence-corrected chi connectivity index (χ3v) is 6.40. The smallest absolute Gasteiger partial charge is 0.263 e. The van der Waals surface area contributed by atoms with Crippen LogP contribution in [0.4, 0.5) is 0 Å². The Bertz CT molecular complexity index is 718. The fourth-order valence-corrected chi connectivity index (χ4v) is 4.65. The van der Waals surface area contributed by atoms with Gasteiger partial charge in [0, 0.05) is 11.4 Å². The average Bonchev–Trinajstić information content (AvgIpc) is 3.16. The second kappa shape index (κ2) is 7.07. The number of nitrogens with zero attached hydrogens (tertiary/aromatic N) is 2. The Balaban J connectivity index is 1.58. The van der Waals surface area contributed by atoms with Gasteiger partial charge in [-0.2, -0.15) is 0 Å². The van der Waals surface area contributed by atoms with Crippen LogP contribution in [0.2, 0.25) is 0 Å². The zero-order chi connectivity index (χ0) is 16.3. The van der Waals surface area contributed by atoms with Gasteiger partial charge in [0.1, 0.15) is 0 Å². The Labute approximate surface area is 141 Å². The molecule has 0 saturated carbocycles. The number of aryl methyl sites for hydroxylation is 1. The minimum atomic E-state index is -3.55. The molecule has 0 bridgehead atoms. The molecule has 0 radical (unpaired) electrons. The van der Waals surface area contributed by atoms with Crippen LogP contribution in [0, 0.1) is 6.92 Å². The fourth-order valence-electron chi connectivity index (χ4n) is 2.59. The lowest BCUT2D eigenvalue weighted by Gasteiger charge is -2.11. The summed E-state index contributed by atoms with van der Waals surface area (Å²) in [5.74, 6) is 0. The number of thioether (sulfide) groups is 1. The highest BCUT2D eigenvalue weighted by Crippen LogP contribution is 2.25. The van der Waals surface area contributed by atoms with Crippen LogP contribution in [0.15, 0.2) is 45.1 Å². The van der Waals surface area contributed by atoms with Gasteiger partial charge in [0.25, 0.3) is 10.0 Å². The number of hydrogen-bond donors (Lipinski definition) is 1. The van der Waals surface area contributed by atoms with Crippen molar-refractivity contribution in [1.82, 2.24) is 9.62 Å². The summed E-state index contributed by atoms with van der Waals surface area (Å²) in [5.41, 5.74) is 1.03. The molecule has 0 atom stereocenters. The number of rotatable bonds is 4. The van der Waals surface area contributed by atoms with E-state index >= 15 is 0 Å². The van der Waals surface area contributed by atoms with Crippen LogP contribution in [0.1, 0.15) is 18.4 Å². The van der Waals surface area contributed by atoms with Crippen molar-refractivity contribution in [3.63, 3.8) is 0 Å². The predicted molar refractivity (Wildman–Crippen MR) is 95.2 cm³/mol. The van der Waals surface area contributed by atoms with Crippen LogP contribution < -0.4 is 4.72 Å². The number of nitrogens with one attached hydrogen (secondary N) is 1. The number of benzene rings is 1. The van der Waals surface area contributed by atoms with E-state index in [4.69, 9.17) is 0 Å². The highest BCUT2D eigenvalue weighted by Gasteiger charge is 2.21. The lowest BCUT2D eigenvalue weighted by molar-refractivity contribution is 0.377. The number of sulfonamides is 1. The van der Waals surface area contributed by atoms with Gasteiger partial charge in [0.05, 0.1) is 11.4 Å². The first-order valence-corrected chi connectivity index (χ1v) is 10.1. The summed E-state index contributed by atoms with van der Waals surface area (Å²) >= 11 is 1.41. The van der Waals surface area contributed by atoms with Crippen molar-refractivity contribution in [1.29, 1.82) is 0 Å². The van der Waals surface area contributed by atoms with Crippen molar-refractivity contribution in [2.45, 2.75) is 24.7 Å². The Morgan fingerprint density at radius 1 is 1.26 bits per heavy atom. The van der Waals surface area contributed by atoms with Crippen LogP contribution in [0.25, 0.3) is 0 Å². The Morgan fingerprint density at radius 2 is 1.96 bits per heavy atom.